The third-order valence-corrected chi connectivity index (χ3v) is 6.04. The summed E-state index contributed by atoms with van der Waals surface area (Å²) in [4.78, 5) is 21.5. The Labute approximate surface area is 204 Å². The number of halogens is 1. The van der Waals surface area contributed by atoms with E-state index in [1.54, 1.807) is 6.26 Å². The van der Waals surface area contributed by atoms with E-state index < -0.39 is 0 Å². The van der Waals surface area contributed by atoms with E-state index in [2.05, 4.69) is 28.5 Å². The van der Waals surface area contributed by atoms with Gasteiger partial charge in [0.2, 0.25) is 5.91 Å². The zero-order chi connectivity index (χ0) is 21.0. The van der Waals surface area contributed by atoms with E-state index in [1.807, 2.05) is 11.0 Å². The van der Waals surface area contributed by atoms with Crippen LogP contribution in [-0.4, -0.2) is 67.5 Å². The van der Waals surface area contributed by atoms with Gasteiger partial charge >= 0.3 is 0 Å². The van der Waals surface area contributed by atoms with E-state index in [0.717, 1.165) is 70.3 Å². The highest BCUT2D eigenvalue weighted by atomic mass is 127. The van der Waals surface area contributed by atoms with Gasteiger partial charge in [-0.1, -0.05) is 12.8 Å². The largest absolute Gasteiger partial charge is 0.468 e. The van der Waals surface area contributed by atoms with Crippen molar-refractivity contribution in [2.75, 3.05) is 45.8 Å². The number of likely N-dealkylation sites (tertiary alicyclic amines) is 2. The van der Waals surface area contributed by atoms with Gasteiger partial charge in [-0.25, -0.2) is 0 Å². The highest BCUT2D eigenvalue weighted by molar-refractivity contribution is 14.0. The fourth-order valence-electron chi connectivity index (χ4n) is 4.37. The number of furan rings is 1. The molecule has 1 amide bonds. The van der Waals surface area contributed by atoms with Gasteiger partial charge in [0.05, 0.1) is 18.8 Å². The first-order valence-electron chi connectivity index (χ1n) is 11.9. The third kappa shape index (κ3) is 8.63. The Morgan fingerprint density at radius 1 is 1.13 bits per heavy atom. The van der Waals surface area contributed by atoms with Crippen molar-refractivity contribution in [2.24, 2.45) is 4.99 Å². The van der Waals surface area contributed by atoms with Gasteiger partial charge in [0.25, 0.3) is 0 Å². The molecule has 0 saturated carbocycles. The summed E-state index contributed by atoms with van der Waals surface area (Å²) in [6.07, 6.45) is 10.5. The summed E-state index contributed by atoms with van der Waals surface area (Å²) >= 11 is 0. The summed E-state index contributed by atoms with van der Waals surface area (Å²) in [5, 5.41) is 6.80. The van der Waals surface area contributed by atoms with Crippen LogP contribution in [0, 0.1) is 0 Å². The molecule has 8 heteroatoms. The zero-order valence-corrected chi connectivity index (χ0v) is 21.3. The summed E-state index contributed by atoms with van der Waals surface area (Å²) < 4.78 is 5.74. The molecule has 0 aromatic carbocycles. The van der Waals surface area contributed by atoms with Crippen LogP contribution >= 0.6 is 24.0 Å². The standard InChI is InChI=1S/C23H39N5O2.HI/c1-2-24-23(25-13-10-17-28-16-6-3-5-12-22(28)29)26-19-20(21-11-9-18-30-21)27-14-7-4-8-15-27;/h9,11,18,20H,2-8,10,12-17,19H2,1H3,(H2,24,25,26);1H. The monoisotopic (exact) mass is 545 g/mol. The lowest BCUT2D eigenvalue weighted by molar-refractivity contribution is -0.130. The molecule has 3 heterocycles. The van der Waals surface area contributed by atoms with Gasteiger partial charge in [-0.3, -0.25) is 14.7 Å². The van der Waals surface area contributed by atoms with Gasteiger partial charge in [-0.2, -0.15) is 0 Å². The molecule has 1 unspecified atom stereocenters. The SMILES string of the molecule is CCNC(=NCC(c1ccco1)N1CCCCC1)NCCCN1CCCCCC1=O.I. The molecule has 1 aromatic rings. The summed E-state index contributed by atoms with van der Waals surface area (Å²) in [6.45, 7) is 8.34. The van der Waals surface area contributed by atoms with Crippen molar-refractivity contribution in [3.8, 4) is 0 Å². The normalized spacial score (nSPS) is 19.5. The predicted molar refractivity (Wildman–Crippen MR) is 136 cm³/mol. The van der Waals surface area contributed by atoms with Crippen molar-refractivity contribution >= 4 is 35.8 Å². The molecule has 2 aliphatic heterocycles. The van der Waals surface area contributed by atoms with Gasteiger partial charge in [0, 0.05) is 32.6 Å². The molecule has 2 saturated heterocycles. The summed E-state index contributed by atoms with van der Waals surface area (Å²) in [5.74, 6) is 2.15. The van der Waals surface area contributed by atoms with E-state index >= 15 is 0 Å². The number of hydrogen-bond donors (Lipinski definition) is 2. The maximum absolute atomic E-state index is 12.1. The number of carbonyl (C=O) groups excluding carboxylic acids is 1. The molecule has 3 rings (SSSR count). The topological polar surface area (TPSA) is 73.1 Å². The van der Waals surface area contributed by atoms with E-state index in [1.165, 1.54) is 25.7 Å². The van der Waals surface area contributed by atoms with Gasteiger partial charge in [0.15, 0.2) is 5.96 Å². The molecular weight excluding hydrogens is 505 g/mol. The Morgan fingerprint density at radius 2 is 1.90 bits per heavy atom. The average molecular weight is 546 g/mol. The fourth-order valence-corrected chi connectivity index (χ4v) is 4.37. The van der Waals surface area contributed by atoms with Crippen LogP contribution in [0.3, 0.4) is 0 Å². The third-order valence-electron chi connectivity index (χ3n) is 6.04. The maximum Gasteiger partial charge on any atom is 0.222 e. The molecule has 1 atom stereocenters. The number of rotatable bonds is 9. The number of nitrogens with zero attached hydrogens (tertiary/aromatic N) is 3. The Hall–Kier alpha value is -1.29. The Kier molecular flexibility index (Phi) is 12.3. The van der Waals surface area contributed by atoms with Gasteiger partial charge < -0.3 is 20.0 Å². The summed E-state index contributed by atoms with van der Waals surface area (Å²) in [7, 11) is 0. The summed E-state index contributed by atoms with van der Waals surface area (Å²) in [5.41, 5.74) is 0. The molecule has 0 bridgehead atoms. The lowest BCUT2D eigenvalue weighted by atomic mass is 10.1. The van der Waals surface area contributed by atoms with Crippen molar-refractivity contribution in [1.82, 2.24) is 20.4 Å². The predicted octanol–water partition coefficient (Wildman–Crippen LogP) is 3.77. The number of guanidine groups is 1. The van der Waals surface area contributed by atoms with Gasteiger partial charge in [-0.05, 0) is 64.3 Å². The molecule has 176 valence electrons. The lowest BCUT2D eigenvalue weighted by Gasteiger charge is -2.32. The Morgan fingerprint density at radius 3 is 2.65 bits per heavy atom. The second-order valence-corrected chi connectivity index (χ2v) is 8.32. The van der Waals surface area contributed by atoms with E-state index in [9.17, 15) is 4.79 Å². The van der Waals surface area contributed by atoms with Crippen molar-refractivity contribution < 1.29 is 9.21 Å². The second-order valence-electron chi connectivity index (χ2n) is 8.32. The molecule has 0 aliphatic carbocycles. The van der Waals surface area contributed by atoms with Crippen molar-refractivity contribution in [3.63, 3.8) is 0 Å². The number of carbonyl (C=O) groups is 1. The molecule has 0 radical (unpaired) electrons. The minimum Gasteiger partial charge on any atom is -0.468 e. The quantitative estimate of drug-likeness (QED) is 0.214. The molecule has 2 aliphatic rings. The number of hydrogen-bond acceptors (Lipinski definition) is 4. The first-order valence-corrected chi connectivity index (χ1v) is 11.9. The number of amides is 1. The number of nitrogens with one attached hydrogen (secondary N) is 2. The maximum atomic E-state index is 12.1. The van der Waals surface area contributed by atoms with E-state index in [4.69, 9.17) is 9.41 Å². The number of piperidine rings is 1. The van der Waals surface area contributed by atoms with E-state index in [0.29, 0.717) is 18.9 Å². The molecule has 2 N–H and O–H groups in total. The van der Waals surface area contributed by atoms with Crippen LogP contribution in [0.25, 0.3) is 0 Å². The second kappa shape index (κ2) is 14.7. The van der Waals surface area contributed by atoms with Crippen molar-refractivity contribution in [1.29, 1.82) is 0 Å². The van der Waals surface area contributed by atoms with Crippen LogP contribution in [0.4, 0.5) is 0 Å². The van der Waals surface area contributed by atoms with Crippen LogP contribution in [0.1, 0.15) is 70.1 Å². The van der Waals surface area contributed by atoms with Gasteiger partial charge in [-0.15, -0.1) is 24.0 Å². The average Bonchev–Trinajstić information content (AvgIpc) is 3.22. The first kappa shape index (κ1) is 26.0. The molecule has 7 nitrogen and oxygen atoms in total. The lowest BCUT2D eigenvalue weighted by Crippen LogP contribution is -2.40. The summed E-state index contributed by atoms with van der Waals surface area (Å²) in [6, 6.07) is 4.21. The first-order chi connectivity index (χ1) is 14.8. The Balaban J connectivity index is 0.00000341. The van der Waals surface area contributed by atoms with Crippen molar-refractivity contribution in [2.45, 2.75) is 64.3 Å². The number of aliphatic imine (C=N–C) groups is 1. The fraction of sp³-hybridized carbons (Fsp3) is 0.739. The molecule has 0 spiro atoms. The highest BCUT2D eigenvalue weighted by Crippen LogP contribution is 2.25. The van der Waals surface area contributed by atoms with Crippen LogP contribution in [0.5, 0.6) is 0 Å². The van der Waals surface area contributed by atoms with Crippen LogP contribution in [0.15, 0.2) is 27.8 Å². The molecule has 1 aromatic heterocycles. The van der Waals surface area contributed by atoms with Crippen LogP contribution < -0.4 is 10.6 Å². The van der Waals surface area contributed by atoms with E-state index in [-0.39, 0.29) is 30.0 Å². The minimum atomic E-state index is 0. The zero-order valence-electron chi connectivity index (χ0n) is 19.0. The Bertz CT molecular complexity index is 646. The van der Waals surface area contributed by atoms with Gasteiger partial charge in [0.1, 0.15) is 5.76 Å². The van der Waals surface area contributed by atoms with Crippen molar-refractivity contribution in [3.05, 3.63) is 24.2 Å². The minimum absolute atomic E-state index is 0. The van der Waals surface area contributed by atoms with Crippen LogP contribution in [-0.2, 0) is 4.79 Å². The molecule has 2 fully saturated rings. The smallest absolute Gasteiger partial charge is 0.222 e. The molecular formula is C23H40IN5O2. The highest BCUT2D eigenvalue weighted by Gasteiger charge is 2.24. The van der Waals surface area contributed by atoms with Crippen LogP contribution in [0.2, 0.25) is 0 Å². The molecule has 31 heavy (non-hydrogen) atoms.